The predicted octanol–water partition coefficient (Wildman–Crippen LogP) is -3.52. The monoisotopic (exact) mass is 210 g/mol. The summed E-state index contributed by atoms with van der Waals surface area (Å²) in [4.78, 5) is 2.18. The molecule has 0 aliphatic carbocycles. The van der Waals surface area contributed by atoms with E-state index in [4.69, 9.17) is 23.9 Å². The molecule has 1 N–H and O–H groups in total. The second-order valence-electron chi connectivity index (χ2n) is 2.54. The van der Waals surface area contributed by atoms with Crippen molar-refractivity contribution >= 4 is 0 Å². The summed E-state index contributed by atoms with van der Waals surface area (Å²) in [6, 6.07) is 2.14. The molecule has 1 saturated heterocycles. The van der Waals surface area contributed by atoms with Crippen molar-refractivity contribution < 1.29 is 28.9 Å². The molecule has 0 unspecified atom stereocenters. The van der Waals surface area contributed by atoms with Crippen molar-refractivity contribution in [1.82, 2.24) is 4.90 Å². The highest BCUT2D eigenvalue weighted by atomic mass is 35.7. The molecule has 0 saturated carbocycles. The Kier molecular flexibility index (Phi) is 5.90. The molecule has 1 rings (SSSR count). The average Bonchev–Trinajstić information content (AvgIpc) is 2.36. The van der Waals surface area contributed by atoms with E-state index in [-0.39, 0.29) is 0 Å². The van der Waals surface area contributed by atoms with Crippen molar-refractivity contribution in [2.45, 2.75) is 12.8 Å². The molecule has 0 aromatic carbocycles. The van der Waals surface area contributed by atoms with Crippen molar-refractivity contribution in [3.8, 4) is 6.07 Å². The maximum absolute atomic E-state index is 8.60. The second kappa shape index (κ2) is 6.10. The first-order valence-electron chi connectivity index (χ1n) is 3.66. The number of hydrogen-bond donors (Lipinski definition) is 1. The summed E-state index contributed by atoms with van der Waals surface area (Å²) in [6.07, 6.45) is 2.56. The Hall–Kier alpha value is -0.420. The fraction of sp³-hybridized carbons (Fsp3) is 0.833. The minimum Gasteiger partial charge on any atom is -0.291 e. The maximum Gasteiger partial charge on any atom is 0.0865 e. The van der Waals surface area contributed by atoms with Crippen molar-refractivity contribution in [2.75, 3.05) is 19.6 Å². The molecule has 0 aromatic rings. The van der Waals surface area contributed by atoms with E-state index in [0.29, 0.717) is 6.54 Å². The number of halogens is 1. The third-order valence-electron chi connectivity index (χ3n) is 1.49. The summed E-state index contributed by atoms with van der Waals surface area (Å²) in [5, 5.41) is 8.24. The highest BCUT2D eigenvalue weighted by Gasteiger charge is 2.08. The van der Waals surface area contributed by atoms with Crippen LogP contribution in [0.3, 0.4) is 0 Å². The van der Waals surface area contributed by atoms with Gasteiger partial charge in [0, 0.05) is 0 Å². The lowest BCUT2D eigenvalue weighted by molar-refractivity contribution is -1.92. The topological polar surface area (TPSA) is 116 Å². The Morgan fingerprint density at radius 1 is 1.31 bits per heavy atom. The van der Waals surface area contributed by atoms with Crippen LogP contribution >= 0.6 is 0 Å². The number of hydrogen-bond acceptors (Lipinski definition) is 6. The van der Waals surface area contributed by atoms with Gasteiger partial charge in [-0.1, -0.05) is 0 Å². The van der Waals surface area contributed by atoms with Gasteiger partial charge in [-0.25, -0.2) is 0 Å². The molecule has 1 fully saturated rings. The summed E-state index contributed by atoms with van der Waals surface area (Å²) in [5.74, 6) is 0. The molecule has 0 aromatic heterocycles. The summed E-state index contributed by atoms with van der Waals surface area (Å²) in [6.45, 7) is 2.89. The van der Waals surface area contributed by atoms with Crippen LogP contribution < -0.4 is 14.0 Å². The second-order valence-corrected chi connectivity index (χ2v) is 3.33. The molecule has 0 radical (unpaired) electrons. The summed E-state index contributed by atoms with van der Waals surface area (Å²) in [5.41, 5.74) is 0. The van der Waals surface area contributed by atoms with Crippen LogP contribution in [0.15, 0.2) is 0 Å². The summed E-state index contributed by atoms with van der Waals surface area (Å²) < 4.78 is 32.7. The smallest absolute Gasteiger partial charge is 0.0865 e. The Labute approximate surface area is 78.4 Å². The van der Waals surface area contributed by atoms with Crippen LogP contribution in [-0.4, -0.2) is 29.2 Å². The first kappa shape index (κ1) is 12.6. The van der Waals surface area contributed by atoms with E-state index in [9.17, 15) is 0 Å². The van der Waals surface area contributed by atoms with Crippen LogP contribution in [0, 0.1) is 21.6 Å². The van der Waals surface area contributed by atoms with E-state index in [1.54, 1.807) is 0 Å². The zero-order valence-electron chi connectivity index (χ0n) is 6.98. The standard InChI is InChI=1S/C6H10N2.ClHO4/c7-3-6-8-4-1-2-5-8;2-1(3,4)5/h1-2,4-6H2;(H,2,3,4,5). The molecule has 1 aliphatic heterocycles. The summed E-state index contributed by atoms with van der Waals surface area (Å²) >= 11 is 0. The number of likely N-dealkylation sites (tertiary alicyclic amines) is 1. The van der Waals surface area contributed by atoms with Crippen LogP contribution in [0.4, 0.5) is 0 Å². The highest BCUT2D eigenvalue weighted by molar-refractivity contribution is 4.78. The molecule has 7 heteroatoms. The van der Waals surface area contributed by atoms with E-state index >= 15 is 0 Å². The van der Waals surface area contributed by atoms with E-state index in [2.05, 4.69) is 11.0 Å². The minimum absolute atomic E-state index is 0.625. The highest BCUT2D eigenvalue weighted by Crippen LogP contribution is 2.04. The molecule has 1 heterocycles. The molecule has 0 amide bonds. The van der Waals surface area contributed by atoms with Gasteiger partial charge >= 0.3 is 0 Å². The van der Waals surface area contributed by atoms with Gasteiger partial charge in [0.2, 0.25) is 0 Å². The van der Waals surface area contributed by atoms with E-state index in [1.807, 2.05) is 0 Å². The van der Waals surface area contributed by atoms with Crippen LogP contribution in [0.1, 0.15) is 12.8 Å². The summed E-state index contributed by atoms with van der Waals surface area (Å²) in [7, 11) is -4.69. The third-order valence-corrected chi connectivity index (χ3v) is 1.49. The third kappa shape index (κ3) is 11.6. The first-order valence-corrected chi connectivity index (χ1v) is 4.92. The SMILES string of the molecule is N#CCN1CCCC1.[O-][Cl+3]([O-])([O-])O. The molecule has 1 aliphatic rings. The lowest BCUT2D eigenvalue weighted by atomic mass is 10.4. The lowest BCUT2D eigenvalue weighted by Crippen LogP contribution is -2.58. The molecule has 0 bridgehead atoms. The van der Waals surface area contributed by atoms with Gasteiger partial charge < -0.3 is 0 Å². The lowest BCUT2D eigenvalue weighted by Gasteiger charge is -2.06. The van der Waals surface area contributed by atoms with E-state index in [1.165, 1.54) is 12.8 Å². The van der Waals surface area contributed by atoms with Crippen molar-refractivity contribution in [2.24, 2.45) is 0 Å². The molecule has 0 atom stereocenters. The quantitative estimate of drug-likeness (QED) is 0.449. The average molecular weight is 211 g/mol. The molecule has 13 heavy (non-hydrogen) atoms. The van der Waals surface area contributed by atoms with Gasteiger partial charge in [0.05, 0.1) is 27.5 Å². The normalized spacial score (nSPS) is 17.5. The zero-order valence-corrected chi connectivity index (χ0v) is 7.74. The molecule has 0 spiro atoms. The Bertz CT molecular complexity index is 164. The largest absolute Gasteiger partial charge is 0.291 e. The number of nitrogens with zero attached hydrogens (tertiary/aromatic N) is 2. The van der Waals surface area contributed by atoms with Gasteiger partial charge in [-0.05, 0) is 25.9 Å². The van der Waals surface area contributed by atoms with Crippen molar-refractivity contribution in [3.63, 3.8) is 0 Å². The van der Waals surface area contributed by atoms with Crippen LogP contribution in [-0.2, 0) is 0 Å². The number of rotatable bonds is 1. The van der Waals surface area contributed by atoms with Crippen molar-refractivity contribution in [3.05, 3.63) is 0 Å². The van der Waals surface area contributed by atoms with Crippen LogP contribution in [0.5, 0.6) is 0 Å². The Morgan fingerprint density at radius 2 is 1.69 bits per heavy atom. The molecule has 76 valence electrons. The van der Waals surface area contributed by atoms with Gasteiger partial charge in [-0.3, -0.25) is 4.90 Å². The van der Waals surface area contributed by atoms with Crippen LogP contribution in [0.2, 0.25) is 0 Å². The fourth-order valence-electron chi connectivity index (χ4n) is 1.04. The van der Waals surface area contributed by atoms with Crippen molar-refractivity contribution in [1.29, 1.82) is 5.26 Å². The molecular formula is C6H11ClN2O4. The van der Waals surface area contributed by atoms with Gasteiger partial charge in [-0.2, -0.15) is 19.2 Å². The van der Waals surface area contributed by atoms with Gasteiger partial charge in [0.15, 0.2) is 0 Å². The van der Waals surface area contributed by atoms with Gasteiger partial charge in [0.1, 0.15) is 0 Å². The Morgan fingerprint density at radius 3 is 2.00 bits per heavy atom. The fourth-order valence-corrected chi connectivity index (χ4v) is 1.04. The maximum atomic E-state index is 8.60. The van der Waals surface area contributed by atoms with E-state index in [0.717, 1.165) is 13.1 Å². The number of nitriles is 1. The Balaban J connectivity index is 0.000000252. The zero-order chi connectivity index (χ0) is 10.3. The molecule has 6 nitrogen and oxygen atoms in total. The molecular weight excluding hydrogens is 200 g/mol. The predicted molar refractivity (Wildman–Crippen MR) is 33.5 cm³/mol. The minimum atomic E-state index is -4.69. The van der Waals surface area contributed by atoms with Crippen LogP contribution in [0.25, 0.3) is 0 Å². The van der Waals surface area contributed by atoms with Gasteiger partial charge in [0.25, 0.3) is 0 Å². The van der Waals surface area contributed by atoms with E-state index < -0.39 is 10.2 Å². The van der Waals surface area contributed by atoms with Gasteiger partial charge in [-0.15, -0.1) is 0 Å². The first-order chi connectivity index (χ1) is 5.93.